The maximum absolute atomic E-state index is 4.75. The van der Waals surface area contributed by atoms with Crippen LogP contribution in [0.1, 0.15) is 5.82 Å². The molecule has 3 nitrogen and oxygen atoms in total. The maximum atomic E-state index is 4.75. The van der Waals surface area contributed by atoms with Gasteiger partial charge in [0.1, 0.15) is 11.6 Å². The van der Waals surface area contributed by atoms with Crippen molar-refractivity contribution in [1.29, 1.82) is 0 Å². The predicted molar refractivity (Wildman–Crippen MR) is 107 cm³/mol. The molecule has 0 amide bonds. The number of benzene rings is 3. The van der Waals surface area contributed by atoms with Crippen LogP contribution in [0.2, 0.25) is 0 Å². The van der Waals surface area contributed by atoms with Crippen molar-refractivity contribution in [3.63, 3.8) is 0 Å². The zero-order chi connectivity index (χ0) is 17.5. The largest absolute Gasteiger partial charge is 0.294 e. The van der Waals surface area contributed by atoms with E-state index in [0.29, 0.717) is 0 Å². The Kier molecular flexibility index (Phi) is 3.32. The zero-order valence-corrected chi connectivity index (χ0v) is 14.4. The van der Waals surface area contributed by atoms with E-state index < -0.39 is 0 Å². The quantitative estimate of drug-likeness (QED) is 0.423. The number of aryl methyl sites for hydroxylation is 1. The number of hydrogen-bond donors (Lipinski definition) is 0. The lowest BCUT2D eigenvalue weighted by Gasteiger charge is -2.10. The lowest BCUT2D eigenvalue weighted by atomic mass is 10.1. The Bertz CT molecular complexity index is 1180. The van der Waals surface area contributed by atoms with Crippen LogP contribution >= 0.6 is 0 Å². The molecule has 3 aromatic carbocycles. The first-order valence-corrected chi connectivity index (χ1v) is 8.71. The molecule has 0 aliphatic rings. The Labute approximate surface area is 151 Å². The first-order valence-electron chi connectivity index (χ1n) is 8.71. The Balaban J connectivity index is 1.84. The highest BCUT2D eigenvalue weighted by molar-refractivity contribution is 6.09. The fourth-order valence-electron chi connectivity index (χ4n) is 3.59. The zero-order valence-electron chi connectivity index (χ0n) is 14.4. The van der Waals surface area contributed by atoms with E-state index in [4.69, 9.17) is 4.98 Å². The molecule has 2 heterocycles. The van der Waals surface area contributed by atoms with Crippen molar-refractivity contribution in [2.75, 3.05) is 0 Å². The van der Waals surface area contributed by atoms with Crippen LogP contribution in [-0.4, -0.2) is 14.5 Å². The second kappa shape index (κ2) is 5.81. The smallest absolute Gasteiger partial charge is 0.141 e. The monoisotopic (exact) mass is 335 g/mol. The number of rotatable bonds is 2. The number of hydrogen-bond acceptors (Lipinski definition) is 2. The van der Waals surface area contributed by atoms with Gasteiger partial charge in [-0.2, -0.15) is 0 Å². The number of nitrogens with zero attached hydrogens (tertiary/aromatic N) is 3. The SMILES string of the molecule is Cc1nc(-c2ccccc2)cc(-n2c3ccccc3c3ccccc32)n1. The molecule has 0 atom stereocenters. The van der Waals surface area contributed by atoms with Crippen molar-refractivity contribution in [3.05, 3.63) is 90.8 Å². The van der Waals surface area contributed by atoms with Gasteiger partial charge in [-0.25, -0.2) is 9.97 Å². The third-order valence-electron chi connectivity index (χ3n) is 4.70. The Morgan fingerprint density at radius 2 is 1.23 bits per heavy atom. The van der Waals surface area contributed by atoms with Gasteiger partial charge in [-0.05, 0) is 19.1 Å². The average Bonchev–Trinajstić information content (AvgIpc) is 3.03. The van der Waals surface area contributed by atoms with E-state index in [2.05, 4.69) is 76.3 Å². The Morgan fingerprint density at radius 3 is 1.88 bits per heavy atom. The van der Waals surface area contributed by atoms with E-state index in [1.807, 2.05) is 25.1 Å². The van der Waals surface area contributed by atoms with Gasteiger partial charge in [0.25, 0.3) is 0 Å². The number of para-hydroxylation sites is 2. The molecule has 0 aliphatic carbocycles. The normalized spacial score (nSPS) is 11.3. The molecule has 0 spiro atoms. The van der Waals surface area contributed by atoms with Crippen LogP contribution in [0.3, 0.4) is 0 Å². The molecule has 0 saturated heterocycles. The van der Waals surface area contributed by atoms with Crippen LogP contribution < -0.4 is 0 Å². The molecule has 0 aliphatic heterocycles. The molecule has 0 saturated carbocycles. The van der Waals surface area contributed by atoms with Gasteiger partial charge < -0.3 is 0 Å². The molecule has 5 rings (SSSR count). The van der Waals surface area contributed by atoms with Crippen molar-refractivity contribution in [1.82, 2.24) is 14.5 Å². The van der Waals surface area contributed by atoms with Gasteiger partial charge in [-0.3, -0.25) is 4.57 Å². The molecular weight excluding hydrogens is 318 g/mol. The van der Waals surface area contributed by atoms with Gasteiger partial charge in [0.05, 0.1) is 16.7 Å². The van der Waals surface area contributed by atoms with Gasteiger partial charge in [-0.15, -0.1) is 0 Å². The second-order valence-electron chi connectivity index (χ2n) is 6.39. The van der Waals surface area contributed by atoms with Crippen LogP contribution in [0.5, 0.6) is 0 Å². The van der Waals surface area contributed by atoms with E-state index in [1.165, 1.54) is 10.8 Å². The summed E-state index contributed by atoms with van der Waals surface area (Å²) in [6.07, 6.45) is 0. The highest BCUT2D eigenvalue weighted by Crippen LogP contribution is 2.32. The van der Waals surface area contributed by atoms with Gasteiger partial charge in [0.2, 0.25) is 0 Å². The lowest BCUT2D eigenvalue weighted by Crippen LogP contribution is -2.02. The standard InChI is InChI=1S/C23H17N3/c1-16-24-20(17-9-3-2-4-10-17)15-23(25-16)26-21-13-7-5-11-18(21)19-12-6-8-14-22(19)26/h2-15H,1H3. The van der Waals surface area contributed by atoms with E-state index in [9.17, 15) is 0 Å². The van der Waals surface area contributed by atoms with Gasteiger partial charge in [-0.1, -0.05) is 66.7 Å². The summed E-state index contributed by atoms with van der Waals surface area (Å²) in [6.45, 7) is 1.95. The fraction of sp³-hybridized carbons (Fsp3) is 0.0435. The van der Waals surface area contributed by atoms with E-state index >= 15 is 0 Å². The minimum atomic E-state index is 0.767. The molecule has 2 aromatic heterocycles. The summed E-state index contributed by atoms with van der Waals surface area (Å²) in [5.41, 5.74) is 4.35. The van der Waals surface area contributed by atoms with Crippen molar-refractivity contribution in [2.24, 2.45) is 0 Å². The summed E-state index contributed by atoms with van der Waals surface area (Å²) < 4.78 is 2.23. The van der Waals surface area contributed by atoms with E-state index in [-0.39, 0.29) is 0 Å². The molecule has 0 fully saturated rings. The number of aromatic nitrogens is 3. The second-order valence-corrected chi connectivity index (χ2v) is 6.39. The topological polar surface area (TPSA) is 30.7 Å². The van der Waals surface area contributed by atoms with Crippen LogP contribution in [-0.2, 0) is 0 Å². The fourth-order valence-corrected chi connectivity index (χ4v) is 3.59. The minimum Gasteiger partial charge on any atom is -0.294 e. The highest BCUT2D eigenvalue weighted by Gasteiger charge is 2.14. The van der Waals surface area contributed by atoms with Crippen molar-refractivity contribution < 1.29 is 0 Å². The summed E-state index contributed by atoms with van der Waals surface area (Å²) >= 11 is 0. The molecule has 124 valence electrons. The summed E-state index contributed by atoms with van der Waals surface area (Å²) in [5.74, 6) is 1.66. The predicted octanol–water partition coefficient (Wildman–Crippen LogP) is 5.55. The molecule has 0 radical (unpaired) electrons. The van der Waals surface area contributed by atoms with Crippen LogP contribution in [0.4, 0.5) is 0 Å². The van der Waals surface area contributed by atoms with Crippen LogP contribution in [0.25, 0.3) is 38.9 Å². The van der Waals surface area contributed by atoms with Gasteiger partial charge in [0, 0.05) is 22.4 Å². The summed E-state index contributed by atoms with van der Waals surface area (Å²) in [6, 6.07) is 29.3. The van der Waals surface area contributed by atoms with Crippen LogP contribution in [0.15, 0.2) is 84.9 Å². The molecule has 0 N–H and O–H groups in total. The van der Waals surface area contributed by atoms with Crippen molar-refractivity contribution in [3.8, 4) is 17.1 Å². The third-order valence-corrected chi connectivity index (χ3v) is 4.70. The van der Waals surface area contributed by atoms with Crippen molar-refractivity contribution >= 4 is 21.8 Å². The summed E-state index contributed by atoms with van der Waals surface area (Å²) in [5, 5.41) is 2.47. The maximum Gasteiger partial charge on any atom is 0.141 e. The van der Waals surface area contributed by atoms with E-state index in [1.54, 1.807) is 0 Å². The molecule has 3 heteroatoms. The van der Waals surface area contributed by atoms with Gasteiger partial charge >= 0.3 is 0 Å². The lowest BCUT2D eigenvalue weighted by molar-refractivity contribution is 0.985. The van der Waals surface area contributed by atoms with Crippen molar-refractivity contribution in [2.45, 2.75) is 6.92 Å². The molecule has 0 bridgehead atoms. The first-order chi connectivity index (χ1) is 12.8. The highest BCUT2D eigenvalue weighted by atomic mass is 15.1. The molecular formula is C23H17N3. The van der Waals surface area contributed by atoms with Gasteiger partial charge in [0.15, 0.2) is 0 Å². The summed E-state index contributed by atoms with van der Waals surface area (Å²) in [4.78, 5) is 9.40. The molecule has 5 aromatic rings. The van der Waals surface area contributed by atoms with E-state index in [0.717, 1.165) is 33.9 Å². The first kappa shape index (κ1) is 14.8. The Hall–Kier alpha value is -3.46. The average molecular weight is 335 g/mol. The van der Waals surface area contributed by atoms with Crippen LogP contribution in [0, 0.1) is 6.92 Å². The molecule has 0 unspecified atom stereocenters. The molecule has 26 heavy (non-hydrogen) atoms. The number of fused-ring (bicyclic) bond motifs is 3. The third kappa shape index (κ3) is 2.29. The minimum absolute atomic E-state index is 0.767. The Morgan fingerprint density at radius 1 is 0.654 bits per heavy atom. The summed E-state index contributed by atoms with van der Waals surface area (Å²) in [7, 11) is 0.